The van der Waals surface area contributed by atoms with E-state index in [0.717, 1.165) is 0 Å². The standard InChI is InChI=1S/C15H11F17O4.C6H14N4O2/c16-8(17,4-5-36-7(35)3-1-2-6(33)34)9(18,19)10(20,21)11(22,23)12(24,25)13(26,27)14(28,29)15(30,31)32;7-4(5(11)12)2-1-3-10-6(8)9/h1-5H2,(H,33,34);4H,1-3,7H2,(H,11,12)(H4,8,9,10)/t;4-/m.0/s1. The Hall–Kier alpha value is -3.55. The number of carboxylic acids is 2. The largest absolute Gasteiger partial charge is 0.550 e. The Morgan fingerprint density at radius 1 is 0.688 bits per heavy atom. The summed E-state index contributed by atoms with van der Waals surface area (Å²) in [4.78, 5) is 34.0. The fourth-order valence-electron chi connectivity index (χ4n) is 2.77. The quantitative estimate of drug-likeness (QED) is 0.0452. The SMILES string of the molecule is NC(N)=[NH+]CCC[C@H](N)C(=O)O.O=C([O-])CCCC(=O)OCCC(F)(F)C(F)(F)C(F)(F)C(F)(F)C(F)(F)C(F)(F)C(F)(F)C(F)(F)F. The highest BCUT2D eigenvalue weighted by atomic mass is 19.4. The molecule has 1 atom stereocenters. The fraction of sp³-hybridized carbons (Fsp3) is 0.810. The molecule has 0 amide bonds. The third-order valence-corrected chi connectivity index (χ3v) is 5.57. The molecule has 0 unspecified atom stereocenters. The van der Waals surface area contributed by atoms with Crippen LogP contribution in [-0.2, 0) is 19.1 Å². The van der Waals surface area contributed by atoms with Gasteiger partial charge in [-0.05, 0) is 25.7 Å². The molecule has 284 valence electrons. The molecule has 0 heterocycles. The first kappa shape index (κ1) is 46.6. The van der Waals surface area contributed by atoms with Crippen LogP contribution in [0.2, 0.25) is 0 Å². The zero-order chi connectivity index (χ0) is 39.0. The van der Waals surface area contributed by atoms with Gasteiger partial charge in [-0.15, -0.1) is 0 Å². The number of carboxylic acid groups (broad SMARTS) is 2. The molecule has 0 aliphatic carbocycles. The van der Waals surface area contributed by atoms with Crippen molar-refractivity contribution in [1.82, 2.24) is 0 Å². The minimum atomic E-state index is -8.71. The number of rotatable bonds is 18. The molecular formula is C21H25F17N4O6. The first-order chi connectivity index (χ1) is 21.1. The highest BCUT2D eigenvalue weighted by molar-refractivity contribution is 5.73. The normalized spacial score (nSPS) is 14.4. The van der Waals surface area contributed by atoms with Gasteiger partial charge in [0.1, 0.15) is 6.04 Å². The number of nitrogens with one attached hydrogen (secondary N) is 1. The van der Waals surface area contributed by atoms with Crippen molar-refractivity contribution in [3.05, 3.63) is 0 Å². The number of guanidine groups is 1. The first-order valence-corrected chi connectivity index (χ1v) is 12.3. The lowest BCUT2D eigenvalue weighted by Gasteiger charge is -2.42. The van der Waals surface area contributed by atoms with E-state index in [0.29, 0.717) is 19.4 Å². The molecule has 10 nitrogen and oxygen atoms in total. The summed E-state index contributed by atoms with van der Waals surface area (Å²) >= 11 is 0. The third-order valence-electron chi connectivity index (χ3n) is 5.57. The molecule has 0 bridgehead atoms. The molecule has 0 aliphatic heterocycles. The van der Waals surface area contributed by atoms with E-state index in [1.54, 1.807) is 0 Å². The highest BCUT2D eigenvalue weighted by Crippen LogP contribution is 2.64. The second kappa shape index (κ2) is 16.2. The molecule has 0 spiro atoms. The summed E-state index contributed by atoms with van der Waals surface area (Å²) in [6.07, 6.45) is -12.1. The van der Waals surface area contributed by atoms with Crippen LogP contribution >= 0.6 is 0 Å². The Balaban J connectivity index is 0. The van der Waals surface area contributed by atoms with Crippen LogP contribution in [0.25, 0.3) is 0 Å². The molecule has 0 radical (unpaired) electrons. The van der Waals surface area contributed by atoms with Gasteiger partial charge in [0, 0.05) is 12.4 Å². The maximum Gasteiger partial charge on any atom is 0.460 e. The van der Waals surface area contributed by atoms with Crippen molar-refractivity contribution in [3.8, 4) is 0 Å². The van der Waals surface area contributed by atoms with Crippen molar-refractivity contribution in [2.75, 3.05) is 13.2 Å². The Bertz CT molecular complexity index is 1130. The van der Waals surface area contributed by atoms with Crippen LogP contribution in [-0.4, -0.2) is 95.8 Å². The second-order valence-electron chi connectivity index (χ2n) is 9.31. The van der Waals surface area contributed by atoms with Gasteiger partial charge in [0.2, 0.25) is 0 Å². The number of carbonyl (C=O) groups is 3. The van der Waals surface area contributed by atoms with Gasteiger partial charge in [0.25, 0.3) is 0 Å². The summed E-state index contributed by atoms with van der Waals surface area (Å²) in [6.45, 7) is -1.53. The van der Waals surface area contributed by atoms with Crippen molar-refractivity contribution in [1.29, 1.82) is 0 Å². The van der Waals surface area contributed by atoms with E-state index < -0.39 is 104 Å². The predicted octanol–water partition coefficient (Wildman–Crippen LogP) is 1.38. The molecule has 0 aliphatic rings. The number of ether oxygens (including phenoxy) is 1. The zero-order valence-electron chi connectivity index (χ0n) is 23.4. The summed E-state index contributed by atoms with van der Waals surface area (Å²) in [5.41, 5.74) is 15.4. The maximum atomic E-state index is 13.6. The molecule has 0 aromatic heterocycles. The summed E-state index contributed by atoms with van der Waals surface area (Å²) in [5, 5.41) is 18.5. The van der Waals surface area contributed by atoms with Gasteiger partial charge in [-0.2, -0.15) is 74.6 Å². The van der Waals surface area contributed by atoms with Gasteiger partial charge < -0.3 is 25.5 Å². The van der Waals surface area contributed by atoms with Gasteiger partial charge in [-0.25, -0.2) is 0 Å². The van der Waals surface area contributed by atoms with Crippen LogP contribution in [0.3, 0.4) is 0 Å². The van der Waals surface area contributed by atoms with Crippen LogP contribution in [0.4, 0.5) is 74.6 Å². The average Bonchev–Trinajstić information content (AvgIpc) is 2.89. The summed E-state index contributed by atoms with van der Waals surface area (Å²) in [5.74, 6) is -61.4. The number of nitrogens with two attached hydrogens (primary N) is 3. The first-order valence-electron chi connectivity index (χ1n) is 12.3. The van der Waals surface area contributed by atoms with Gasteiger partial charge in [0.15, 0.2) is 0 Å². The van der Waals surface area contributed by atoms with Crippen molar-refractivity contribution in [3.63, 3.8) is 0 Å². The summed E-state index contributed by atoms with van der Waals surface area (Å²) < 4.78 is 226. The van der Waals surface area contributed by atoms with E-state index in [1.807, 2.05) is 0 Å². The van der Waals surface area contributed by atoms with Crippen molar-refractivity contribution >= 4 is 23.9 Å². The number of carbonyl (C=O) groups excluding carboxylic acids is 2. The van der Waals surface area contributed by atoms with Gasteiger partial charge in [0.05, 0.1) is 19.6 Å². The van der Waals surface area contributed by atoms with E-state index in [1.165, 1.54) is 0 Å². The minimum Gasteiger partial charge on any atom is -0.550 e. The Morgan fingerprint density at radius 2 is 1.10 bits per heavy atom. The van der Waals surface area contributed by atoms with Crippen molar-refractivity contribution in [2.45, 2.75) is 92.2 Å². The topological polar surface area (TPSA) is 196 Å². The van der Waals surface area contributed by atoms with Crippen LogP contribution in [0.1, 0.15) is 38.5 Å². The van der Waals surface area contributed by atoms with Gasteiger partial charge in [-0.1, -0.05) is 0 Å². The number of halogens is 17. The van der Waals surface area contributed by atoms with Crippen molar-refractivity contribution < 1.29 is 109 Å². The summed E-state index contributed by atoms with van der Waals surface area (Å²) in [7, 11) is 0. The molecule has 0 saturated heterocycles. The molecule has 27 heteroatoms. The number of hydrogen-bond acceptors (Lipinski definition) is 6. The van der Waals surface area contributed by atoms with Crippen LogP contribution in [0, 0.1) is 0 Å². The number of esters is 1. The van der Waals surface area contributed by atoms with Crippen LogP contribution in [0.15, 0.2) is 0 Å². The lowest BCUT2D eigenvalue weighted by atomic mass is 9.88. The number of aliphatic carboxylic acids is 2. The number of hydrogen-bond donors (Lipinski definition) is 5. The highest BCUT2D eigenvalue weighted by Gasteiger charge is 2.95. The molecular weight excluding hydrogens is 727 g/mol. The minimum absolute atomic E-state index is 0.138. The Kier molecular flexibility index (Phi) is 15.7. The summed E-state index contributed by atoms with van der Waals surface area (Å²) in [6, 6.07) is -0.800. The molecule has 0 fully saturated rings. The smallest absolute Gasteiger partial charge is 0.460 e. The van der Waals surface area contributed by atoms with Gasteiger partial charge >= 0.3 is 65.5 Å². The van der Waals surface area contributed by atoms with E-state index in [2.05, 4.69) is 9.73 Å². The van der Waals surface area contributed by atoms with E-state index in [9.17, 15) is 94.1 Å². The maximum absolute atomic E-state index is 13.6. The molecule has 0 saturated carbocycles. The lowest BCUT2D eigenvalue weighted by Crippen LogP contribution is -2.78. The Morgan fingerprint density at radius 3 is 1.48 bits per heavy atom. The predicted molar refractivity (Wildman–Crippen MR) is 119 cm³/mol. The van der Waals surface area contributed by atoms with E-state index in [-0.39, 0.29) is 5.96 Å². The van der Waals surface area contributed by atoms with Crippen LogP contribution < -0.4 is 27.3 Å². The molecule has 0 aromatic carbocycles. The molecule has 0 aromatic rings. The fourth-order valence-corrected chi connectivity index (χ4v) is 2.77. The number of alkyl halides is 17. The van der Waals surface area contributed by atoms with E-state index in [4.69, 9.17) is 22.3 Å². The van der Waals surface area contributed by atoms with Crippen molar-refractivity contribution in [2.24, 2.45) is 17.2 Å². The average molecular weight is 752 g/mol. The zero-order valence-corrected chi connectivity index (χ0v) is 23.4. The van der Waals surface area contributed by atoms with Gasteiger partial charge in [-0.3, -0.25) is 26.0 Å². The third kappa shape index (κ3) is 10.5. The molecule has 0 rings (SSSR count). The molecule has 8 N–H and O–H groups in total. The Labute approximate surface area is 256 Å². The van der Waals surface area contributed by atoms with Crippen LogP contribution in [0.5, 0.6) is 0 Å². The lowest BCUT2D eigenvalue weighted by molar-refractivity contribution is -0.461. The molecule has 48 heavy (non-hydrogen) atoms. The van der Waals surface area contributed by atoms with E-state index >= 15 is 0 Å². The second-order valence-corrected chi connectivity index (χ2v) is 9.31. The monoisotopic (exact) mass is 752 g/mol.